The Labute approximate surface area is 393 Å². The lowest BCUT2D eigenvalue weighted by Gasteiger charge is -2.26. The largest absolute Gasteiger partial charge is 0.472 e. The summed E-state index contributed by atoms with van der Waals surface area (Å²) in [6, 6.07) is -0.764. The monoisotopic (exact) mass is 912 g/mol. The number of aliphatic hydroxyl groups excluding tert-OH is 1. The number of nitrogens with one attached hydrogen (secondary N) is 1. The van der Waals surface area contributed by atoms with Gasteiger partial charge in [-0.2, -0.15) is 0 Å². The van der Waals surface area contributed by atoms with Crippen LogP contribution in [0.25, 0.3) is 0 Å². The smallest absolute Gasteiger partial charge is 0.391 e. The van der Waals surface area contributed by atoms with Gasteiger partial charge >= 0.3 is 7.82 Å². The van der Waals surface area contributed by atoms with Crippen molar-refractivity contribution in [1.82, 2.24) is 5.32 Å². The molecule has 0 rings (SSSR count). The number of nitrogens with zero attached hydrogens (tertiary/aromatic N) is 1. The Bertz CT molecular complexity index is 1400. The van der Waals surface area contributed by atoms with Crippen LogP contribution in [0.15, 0.2) is 109 Å². The lowest BCUT2D eigenvalue weighted by atomic mass is 10.0. The van der Waals surface area contributed by atoms with Crippen LogP contribution in [0, 0.1) is 0 Å². The maximum Gasteiger partial charge on any atom is 0.472 e. The first-order valence-electron chi connectivity index (χ1n) is 25.3. The van der Waals surface area contributed by atoms with Crippen LogP contribution in [0.3, 0.4) is 0 Å². The summed E-state index contributed by atoms with van der Waals surface area (Å²) in [5.41, 5.74) is 0. The Hall–Kier alpha value is -2.84. The zero-order chi connectivity index (χ0) is 47.1. The first-order chi connectivity index (χ1) is 31.0. The zero-order valence-electron chi connectivity index (χ0n) is 41.5. The van der Waals surface area contributed by atoms with Crippen LogP contribution in [-0.2, 0) is 18.4 Å². The molecule has 0 bridgehead atoms. The van der Waals surface area contributed by atoms with Gasteiger partial charge in [-0.25, -0.2) is 4.57 Å². The van der Waals surface area contributed by atoms with Crippen LogP contribution in [-0.4, -0.2) is 73.4 Å². The van der Waals surface area contributed by atoms with Crippen molar-refractivity contribution in [3.63, 3.8) is 0 Å². The Kier molecular flexibility index (Phi) is 43.3. The van der Waals surface area contributed by atoms with Crippen molar-refractivity contribution < 1.29 is 32.9 Å². The van der Waals surface area contributed by atoms with Crippen LogP contribution in [0.5, 0.6) is 0 Å². The van der Waals surface area contributed by atoms with Crippen molar-refractivity contribution in [2.24, 2.45) is 0 Å². The number of carbonyl (C=O) groups is 1. The average Bonchev–Trinajstić information content (AvgIpc) is 3.25. The van der Waals surface area contributed by atoms with Gasteiger partial charge in [-0.15, -0.1) is 0 Å². The number of unbranched alkanes of at least 4 members (excludes halogenated alkanes) is 13. The predicted molar refractivity (Wildman–Crippen MR) is 276 cm³/mol. The van der Waals surface area contributed by atoms with E-state index in [0.717, 1.165) is 96.3 Å². The molecule has 0 saturated carbocycles. The van der Waals surface area contributed by atoms with Gasteiger partial charge in [-0.1, -0.05) is 200 Å². The summed E-state index contributed by atoms with van der Waals surface area (Å²) < 4.78 is 23.3. The first kappa shape index (κ1) is 61.2. The average molecular weight is 912 g/mol. The van der Waals surface area contributed by atoms with E-state index in [4.69, 9.17) is 9.05 Å². The standard InChI is InChI=1S/C55H95N2O6P/c1-6-8-10-11-12-13-14-15-16-17-18-19-20-21-22-23-24-25-26-27-28-29-30-31-32-33-34-35-36-37-38-39-40-41-42-43-44-45-47-49-55(59)56-53(54(58)48-46-9-7-2)52-63-64(60,61)62-51-50-57(3,4)5/h8,10,12-13,15-16,18-19,21-22,24-25,27-28,30-31,33-34,53-54,58H,6-7,9,11,14,17,20,23,26,29,32,35-52H2,1-5H3,(H-,56,59,60,61)/p+1/b10-8-,13-12-,16-15-,19-18-,22-21-,25-24-,28-27-,31-30-,34-33-. The summed E-state index contributed by atoms with van der Waals surface area (Å²) in [7, 11) is 1.59. The Morgan fingerprint density at radius 3 is 1.34 bits per heavy atom. The fourth-order valence-electron chi connectivity index (χ4n) is 6.57. The molecule has 3 unspecified atom stereocenters. The number of phosphoric ester groups is 1. The maximum absolute atomic E-state index is 12.7. The second kappa shape index (κ2) is 45.3. The first-order valence-corrected chi connectivity index (χ1v) is 26.7. The third kappa shape index (κ3) is 47.1. The number of amides is 1. The minimum Gasteiger partial charge on any atom is -0.391 e. The van der Waals surface area contributed by atoms with Gasteiger partial charge in [-0.3, -0.25) is 13.8 Å². The Morgan fingerprint density at radius 1 is 0.547 bits per heavy atom. The molecule has 1 amide bonds. The molecule has 3 N–H and O–H groups in total. The minimum absolute atomic E-state index is 0.0676. The quantitative estimate of drug-likeness (QED) is 0.0243. The highest BCUT2D eigenvalue weighted by atomic mass is 31.2. The molecular formula is C55H96N2O6P+. The molecule has 0 aliphatic heterocycles. The molecule has 3 atom stereocenters. The van der Waals surface area contributed by atoms with Gasteiger partial charge in [0.2, 0.25) is 5.91 Å². The number of carbonyl (C=O) groups excluding carboxylic acids is 1. The SMILES string of the molecule is CC/C=C\C/C=C\C/C=C\C/C=C\C/C=C\C/C=C\C/C=C\C/C=C\C/C=C\CCCCCCCCCCCCCC(=O)NC(COP(=O)(O)OCC[N+](C)(C)C)C(O)CCCCC. The van der Waals surface area contributed by atoms with Gasteiger partial charge < -0.3 is 19.8 Å². The van der Waals surface area contributed by atoms with Crippen molar-refractivity contribution in [2.75, 3.05) is 40.9 Å². The zero-order valence-corrected chi connectivity index (χ0v) is 42.4. The molecule has 0 radical (unpaired) electrons. The van der Waals surface area contributed by atoms with E-state index in [2.05, 4.69) is 129 Å². The maximum atomic E-state index is 12.7. The predicted octanol–water partition coefficient (Wildman–Crippen LogP) is 14.9. The van der Waals surface area contributed by atoms with Crippen molar-refractivity contribution in [1.29, 1.82) is 0 Å². The molecule has 0 aliphatic carbocycles. The van der Waals surface area contributed by atoms with E-state index < -0.39 is 20.0 Å². The van der Waals surface area contributed by atoms with E-state index in [1.54, 1.807) is 0 Å². The topological polar surface area (TPSA) is 105 Å². The van der Waals surface area contributed by atoms with Crippen molar-refractivity contribution in [3.05, 3.63) is 109 Å². The van der Waals surface area contributed by atoms with Gasteiger partial charge in [0.05, 0.1) is 39.9 Å². The van der Waals surface area contributed by atoms with Crippen LogP contribution in [0.4, 0.5) is 0 Å². The van der Waals surface area contributed by atoms with Crippen LogP contribution in [0.1, 0.15) is 181 Å². The number of likely N-dealkylation sites (N-methyl/N-ethyl adjacent to an activating group) is 1. The molecule has 0 aromatic rings. The molecule has 0 aromatic heterocycles. The minimum atomic E-state index is -4.30. The van der Waals surface area contributed by atoms with E-state index in [9.17, 15) is 19.4 Å². The lowest BCUT2D eigenvalue weighted by molar-refractivity contribution is -0.870. The van der Waals surface area contributed by atoms with Crippen LogP contribution >= 0.6 is 7.82 Å². The van der Waals surface area contributed by atoms with E-state index >= 15 is 0 Å². The highest BCUT2D eigenvalue weighted by Gasteiger charge is 2.28. The number of hydrogen-bond acceptors (Lipinski definition) is 5. The van der Waals surface area contributed by atoms with E-state index in [1.807, 2.05) is 21.1 Å². The molecular weight excluding hydrogens is 816 g/mol. The second-order valence-electron chi connectivity index (χ2n) is 17.8. The fourth-order valence-corrected chi connectivity index (χ4v) is 7.30. The normalized spacial score (nSPS) is 15.0. The number of phosphoric acid groups is 1. The summed E-state index contributed by atoms with van der Waals surface area (Å²) in [4.78, 5) is 22.9. The van der Waals surface area contributed by atoms with Crippen molar-refractivity contribution in [2.45, 2.75) is 193 Å². The van der Waals surface area contributed by atoms with Crippen molar-refractivity contribution >= 4 is 13.7 Å². The summed E-state index contributed by atoms with van der Waals surface area (Å²) in [6.45, 7) is 4.58. The van der Waals surface area contributed by atoms with E-state index in [1.165, 1.54) is 57.8 Å². The molecule has 0 aliphatic rings. The summed E-state index contributed by atoms with van der Waals surface area (Å²) in [6.07, 6.45) is 66.6. The van der Waals surface area contributed by atoms with E-state index in [-0.39, 0.29) is 19.1 Å². The number of hydrogen-bond donors (Lipinski definition) is 3. The molecule has 9 heteroatoms. The number of rotatable bonds is 44. The lowest BCUT2D eigenvalue weighted by Crippen LogP contribution is -2.46. The number of aliphatic hydroxyl groups is 1. The van der Waals surface area contributed by atoms with Gasteiger partial charge in [-0.05, 0) is 83.5 Å². The molecule has 0 heterocycles. The summed E-state index contributed by atoms with van der Waals surface area (Å²) in [5.74, 6) is -0.165. The number of allylic oxidation sites excluding steroid dienone is 18. The third-order valence-corrected chi connectivity index (χ3v) is 11.5. The van der Waals surface area contributed by atoms with E-state index in [0.29, 0.717) is 23.9 Å². The van der Waals surface area contributed by atoms with Crippen LogP contribution < -0.4 is 5.32 Å². The van der Waals surface area contributed by atoms with Gasteiger partial charge in [0.1, 0.15) is 13.2 Å². The molecule has 0 fully saturated rings. The highest BCUT2D eigenvalue weighted by Crippen LogP contribution is 2.43. The molecule has 8 nitrogen and oxygen atoms in total. The van der Waals surface area contributed by atoms with Crippen molar-refractivity contribution in [3.8, 4) is 0 Å². The molecule has 0 aromatic carbocycles. The number of quaternary nitrogens is 1. The molecule has 0 spiro atoms. The van der Waals surface area contributed by atoms with Crippen LogP contribution in [0.2, 0.25) is 0 Å². The molecule has 64 heavy (non-hydrogen) atoms. The van der Waals surface area contributed by atoms with Gasteiger partial charge in [0.15, 0.2) is 0 Å². The second-order valence-corrected chi connectivity index (χ2v) is 19.3. The molecule has 0 saturated heterocycles. The summed E-state index contributed by atoms with van der Waals surface area (Å²) in [5, 5.41) is 13.6. The third-order valence-electron chi connectivity index (χ3n) is 10.5. The Morgan fingerprint density at radius 2 is 0.938 bits per heavy atom. The fraction of sp³-hybridized carbons (Fsp3) is 0.655. The highest BCUT2D eigenvalue weighted by molar-refractivity contribution is 7.47. The van der Waals surface area contributed by atoms with Gasteiger partial charge in [0.25, 0.3) is 0 Å². The Balaban J connectivity index is 3.83. The molecule has 366 valence electrons. The van der Waals surface area contributed by atoms with Gasteiger partial charge in [0, 0.05) is 6.42 Å². The summed E-state index contributed by atoms with van der Waals surface area (Å²) >= 11 is 0.